The molecule has 0 bridgehead atoms. The number of carboxylic acid groups (broad SMARTS) is 1. The molecule has 4 aromatic carbocycles. The number of nitrogens with zero attached hydrogens (tertiary/aromatic N) is 1. The number of pyridine rings is 1. The van der Waals surface area contributed by atoms with E-state index in [1.807, 2.05) is 45.0 Å². The zero-order valence-electron chi connectivity index (χ0n) is 27.7. The van der Waals surface area contributed by atoms with Crippen LogP contribution in [0.5, 0.6) is 23.0 Å². The number of amides is 2. The van der Waals surface area contributed by atoms with E-state index in [0.717, 1.165) is 6.26 Å². The molecule has 1 heterocycles. The van der Waals surface area contributed by atoms with E-state index in [9.17, 15) is 23.1 Å². The smallest absolute Gasteiger partial charge is 0.339 e. The predicted molar refractivity (Wildman–Crippen MR) is 189 cm³/mol. The number of hydrogen-bond acceptors (Lipinski definition) is 9. The molecule has 254 valence electrons. The van der Waals surface area contributed by atoms with E-state index in [2.05, 4.69) is 20.9 Å². The second kappa shape index (κ2) is 13.7. The number of aromatic nitrogens is 1. The number of ether oxygens (including phenoxy) is 3. The second-order valence-electron chi connectivity index (χ2n) is 12.1. The first-order valence-corrected chi connectivity index (χ1v) is 16.9. The first-order valence-electron chi connectivity index (χ1n) is 15.0. The maximum Gasteiger partial charge on any atom is 0.339 e. The average molecular weight is 685 g/mol. The van der Waals surface area contributed by atoms with Crippen molar-refractivity contribution in [2.24, 2.45) is 0 Å². The van der Waals surface area contributed by atoms with Gasteiger partial charge in [-0.05, 0) is 53.4 Å². The number of sulfone groups is 1. The Morgan fingerprint density at radius 3 is 2.18 bits per heavy atom. The van der Waals surface area contributed by atoms with Crippen molar-refractivity contribution < 1.29 is 37.3 Å². The van der Waals surface area contributed by atoms with E-state index in [0.29, 0.717) is 45.0 Å². The number of rotatable bonds is 10. The van der Waals surface area contributed by atoms with Crippen molar-refractivity contribution in [3.8, 4) is 23.0 Å². The molecule has 12 nitrogen and oxygen atoms in total. The molecule has 0 atom stereocenters. The Kier molecular flexibility index (Phi) is 9.67. The minimum atomic E-state index is -3.67. The third-order valence-electron chi connectivity index (χ3n) is 7.57. The number of benzene rings is 4. The number of urea groups is 1. The Morgan fingerprint density at radius 1 is 0.816 bits per heavy atom. The Labute approximate surface area is 284 Å². The number of carboxylic acids is 1. The van der Waals surface area contributed by atoms with Gasteiger partial charge in [0, 0.05) is 41.0 Å². The van der Waals surface area contributed by atoms with Crippen LogP contribution in [0.4, 0.5) is 27.7 Å². The summed E-state index contributed by atoms with van der Waals surface area (Å²) in [5.74, 6) is 0.593. The third-order valence-corrected chi connectivity index (χ3v) is 8.67. The van der Waals surface area contributed by atoms with Crippen LogP contribution in [-0.4, -0.2) is 51.0 Å². The van der Waals surface area contributed by atoms with Gasteiger partial charge in [-0.1, -0.05) is 45.0 Å². The van der Waals surface area contributed by atoms with Gasteiger partial charge in [-0.15, -0.1) is 0 Å². The lowest BCUT2D eigenvalue weighted by Gasteiger charge is -2.23. The van der Waals surface area contributed by atoms with Crippen LogP contribution in [0.15, 0.2) is 90.0 Å². The molecule has 2 amide bonds. The van der Waals surface area contributed by atoms with Gasteiger partial charge >= 0.3 is 12.0 Å². The largest absolute Gasteiger partial charge is 0.496 e. The summed E-state index contributed by atoms with van der Waals surface area (Å²) in [4.78, 5) is 29.1. The molecule has 13 heteroatoms. The van der Waals surface area contributed by atoms with Gasteiger partial charge in [0.2, 0.25) is 0 Å². The van der Waals surface area contributed by atoms with Gasteiger partial charge < -0.3 is 35.3 Å². The SMILES string of the molecule is COc1cc(Nc2cc(Oc3ccc(NC(=O)Nc4cc(C(C)(C)C)cc(S(C)(=O)=O)c4OC)c4ccccc34)ccn2)ccc1C(=O)O. The fourth-order valence-electron chi connectivity index (χ4n) is 5.12. The van der Waals surface area contributed by atoms with Gasteiger partial charge in [-0.2, -0.15) is 0 Å². The highest BCUT2D eigenvalue weighted by atomic mass is 32.2. The molecule has 4 N–H and O–H groups in total. The van der Waals surface area contributed by atoms with Crippen molar-refractivity contribution in [3.63, 3.8) is 0 Å². The van der Waals surface area contributed by atoms with Crippen LogP contribution in [0.25, 0.3) is 10.8 Å². The molecular weight excluding hydrogens is 648 g/mol. The summed E-state index contributed by atoms with van der Waals surface area (Å²) < 4.78 is 42.2. The van der Waals surface area contributed by atoms with Crippen LogP contribution in [0.1, 0.15) is 36.7 Å². The van der Waals surface area contributed by atoms with E-state index in [1.54, 1.807) is 54.7 Å². The minimum Gasteiger partial charge on any atom is -0.496 e. The molecule has 1 aromatic heterocycles. The van der Waals surface area contributed by atoms with Crippen LogP contribution in [-0.2, 0) is 15.3 Å². The Morgan fingerprint density at radius 2 is 1.53 bits per heavy atom. The topological polar surface area (TPSA) is 165 Å². The van der Waals surface area contributed by atoms with Gasteiger partial charge in [0.1, 0.15) is 33.5 Å². The quantitative estimate of drug-likeness (QED) is 0.114. The molecule has 0 spiro atoms. The first kappa shape index (κ1) is 34.5. The number of fused-ring (bicyclic) bond motifs is 1. The van der Waals surface area contributed by atoms with E-state index >= 15 is 0 Å². The molecular formula is C36H36N4O8S. The highest BCUT2D eigenvalue weighted by Crippen LogP contribution is 2.39. The van der Waals surface area contributed by atoms with Gasteiger partial charge in [-0.25, -0.2) is 23.0 Å². The van der Waals surface area contributed by atoms with Gasteiger partial charge in [0.15, 0.2) is 15.6 Å². The molecule has 0 saturated carbocycles. The number of nitrogens with one attached hydrogen (secondary N) is 3. The van der Waals surface area contributed by atoms with Crippen molar-refractivity contribution in [3.05, 3.63) is 96.2 Å². The van der Waals surface area contributed by atoms with Crippen LogP contribution in [0, 0.1) is 0 Å². The highest BCUT2D eigenvalue weighted by Gasteiger charge is 2.25. The fourth-order valence-corrected chi connectivity index (χ4v) is 5.99. The maximum atomic E-state index is 13.4. The average Bonchev–Trinajstić information content (AvgIpc) is 3.04. The lowest BCUT2D eigenvalue weighted by molar-refractivity contribution is 0.0693. The molecule has 5 aromatic rings. The molecule has 0 unspecified atom stereocenters. The number of aromatic carboxylic acids is 1. The summed E-state index contributed by atoms with van der Waals surface area (Å²) in [6.45, 7) is 5.84. The van der Waals surface area contributed by atoms with Crippen molar-refractivity contribution in [1.82, 2.24) is 4.98 Å². The summed E-state index contributed by atoms with van der Waals surface area (Å²) in [7, 11) is -0.921. The fraction of sp³-hybridized carbons (Fsp3) is 0.194. The third kappa shape index (κ3) is 7.84. The van der Waals surface area contributed by atoms with E-state index < -0.39 is 27.3 Å². The van der Waals surface area contributed by atoms with Crippen LogP contribution in [0.3, 0.4) is 0 Å². The molecule has 49 heavy (non-hydrogen) atoms. The molecule has 0 fully saturated rings. The first-order chi connectivity index (χ1) is 23.2. The molecule has 0 aliphatic rings. The minimum absolute atomic E-state index is 0.0186. The van der Waals surface area contributed by atoms with Crippen LogP contribution >= 0.6 is 0 Å². The molecule has 0 aliphatic heterocycles. The van der Waals surface area contributed by atoms with E-state index in [4.69, 9.17) is 14.2 Å². The maximum absolute atomic E-state index is 13.4. The Bertz CT molecular complexity index is 2180. The zero-order valence-corrected chi connectivity index (χ0v) is 28.6. The normalized spacial score (nSPS) is 11.5. The summed E-state index contributed by atoms with van der Waals surface area (Å²) in [5.41, 5.74) is 1.62. The molecule has 0 aliphatic carbocycles. The molecule has 0 saturated heterocycles. The van der Waals surface area contributed by atoms with Crippen molar-refractivity contribution in [2.45, 2.75) is 31.1 Å². The monoisotopic (exact) mass is 684 g/mol. The number of hydrogen-bond donors (Lipinski definition) is 4. The highest BCUT2D eigenvalue weighted by molar-refractivity contribution is 7.90. The number of anilines is 4. The summed E-state index contributed by atoms with van der Waals surface area (Å²) in [6.07, 6.45) is 2.67. The van der Waals surface area contributed by atoms with Gasteiger partial charge in [0.05, 0.1) is 25.6 Å². The summed E-state index contributed by atoms with van der Waals surface area (Å²) in [6, 6.07) is 21.5. The Hall–Kier alpha value is -5.82. The molecule has 0 radical (unpaired) electrons. The number of methoxy groups -OCH3 is 2. The lowest BCUT2D eigenvalue weighted by atomic mass is 9.86. The Balaban J connectivity index is 1.39. The van der Waals surface area contributed by atoms with Crippen molar-refractivity contribution in [1.29, 1.82) is 0 Å². The lowest BCUT2D eigenvalue weighted by Crippen LogP contribution is -2.22. The van der Waals surface area contributed by atoms with Crippen molar-refractivity contribution >= 4 is 55.5 Å². The van der Waals surface area contributed by atoms with E-state index in [1.165, 1.54) is 20.3 Å². The van der Waals surface area contributed by atoms with Gasteiger partial charge in [0.25, 0.3) is 0 Å². The number of carbonyl (C=O) groups is 2. The van der Waals surface area contributed by atoms with Crippen LogP contribution < -0.4 is 30.2 Å². The van der Waals surface area contributed by atoms with Crippen molar-refractivity contribution in [2.75, 3.05) is 36.4 Å². The number of carbonyl (C=O) groups excluding carboxylic acids is 1. The standard InChI is InChI=1S/C36H36N4O8S/c1-36(2,3)21-17-28(33(47-5)31(18-21)49(6,44)45)40-35(43)39-27-13-14-29(25-10-8-7-9-24(25)27)48-23-15-16-37-32(20-23)38-22-11-12-26(34(41)42)30(19-22)46-4/h7-20H,1-6H3,(H,37,38)(H,41,42)(H2,39,40,43). The summed E-state index contributed by atoms with van der Waals surface area (Å²) >= 11 is 0. The van der Waals surface area contributed by atoms with Crippen LogP contribution in [0.2, 0.25) is 0 Å². The zero-order chi connectivity index (χ0) is 35.5. The van der Waals surface area contributed by atoms with Gasteiger partial charge in [-0.3, -0.25) is 0 Å². The second-order valence-corrected chi connectivity index (χ2v) is 14.1. The van der Waals surface area contributed by atoms with E-state index in [-0.39, 0.29) is 27.6 Å². The summed E-state index contributed by atoms with van der Waals surface area (Å²) in [5, 5.41) is 19.5. The molecule has 5 rings (SSSR count). The predicted octanol–water partition coefficient (Wildman–Crippen LogP) is 7.83.